The molecule has 138 valence electrons. The summed E-state index contributed by atoms with van der Waals surface area (Å²) in [5.41, 5.74) is 1.02. The normalized spacial score (nSPS) is 18.1. The Kier molecular flexibility index (Phi) is 4.59. The minimum absolute atomic E-state index is 0.188. The molecule has 5 heteroatoms. The first-order valence-corrected chi connectivity index (χ1v) is 8.91. The maximum Gasteiger partial charge on any atom is 0.265 e. The van der Waals surface area contributed by atoms with Gasteiger partial charge in [0.2, 0.25) is 6.10 Å². The summed E-state index contributed by atoms with van der Waals surface area (Å²) in [5, 5.41) is 5.14. The molecule has 1 aliphatic rings. The minimum Gasteiger partial charge on any atom is -0.497 e. The van der Waals surface area contributed by atoms with Crippen molar-refractivity contribution >= 4 is 16.7 Å². The second-order valence-corrected chi connectivity index (χ2v) is 6.57. The average Bonchev–Trinajstić information content (AvgIpc) is 2.70. The van der Waals surface area contributed by atoms with E-state index < -0.39 is 6.10 Å². The van der Waals surface area contributed by atoms with Crippen molar-refractivity contribution in [1.29, 1.82) is 0 Å². The topological polar surface area (TPSA) is 56.8 Å². The summed E-state index contributed by atoms with van der Waals surface area (Å²) in [7, 11) is 1.65. The molecule has 1 N–H and O–H groups in total. The number of carbonyl (C=O) groups excluding carboxylic acids is 1. The van der Waals surface area contributed by atoms with Crippen LogP contribution in [-0.4, -0.2) is 25.2 Å². The Morgan fingerprint density at radius 3 is 2.48 bits per heavy atom. The van der Waals surface area contributed by atoms with Crippen LogP contribution in [0.4, 0.5) is 0 Å². The third-order valence-corrected chi connectivity index (χ3v) is 4.68. The van der Waals surface area contributed by atoms with Crippen LogP contribution in [0.5, 0.6) is 17.2 Å². The number of carbonyl (C=O) groups is 1. The highest BCUT2D eigenvalue weighted by molar-refractivity contribution is 5.85. The number of benzene rings is 3. The molecule has 0 saturated heterocycles. The molecule has 3 aromatic rings. The zero-order valence-corrected chi connectivity index (χ0v) is 15.3. The van der Waals surface area contributed by atoms with E-state index in [1.807, 2.05) is 55.5 Å². The highest BCUT2D eigenvalue weighted by Crippen LogP contribution is 2.33. The monoisotopic (exact) mass is 363 g/mol. The van der Waals surface area contributed by atoms with Crippen molar-refractivity contribution in [2.45, 2.75) is 25.7 Å². The van der Waals surface area contributed by atoms with E-state index in [0.717, 1.165) is 22.1 Å². The lowest BCUT2D eigenvalue weighted by Crippen LogP contribution is -2.48. The highest BCUT2D eigenvalue weighted by Gasteiger charge is 2.33. The number of amides is 1. The molecule has 2 atom stereocenters. The van der Waals surface area contributed by atoms with Crippen LogP contribution in [0.1, 0.15) is 12.5 Å². The predicted molar refractivity (Wildman–Crippen MR) is 103 cm³/mol. The number of para-hydroxylation sites is 2. The van der Waals surface area contributed by atoms with Crippen LogP contribution in [0, 0.1) is 0 Å². The number of methoxy groups -OCH3 is 1. The van der Waals surface area contributed by atoms with Gasteiger partial charge in [0.25, 0.3) is 5.91 Å². The summed E-state index contributed by atoms with van der Waals surface area (Å²) in [6.45, 7) is 2.26. The molecule has 0 saturated carbocycles. The Morgan fingerprint density at radius 1 is 1.00 bits per heavy atom. The molecule has 0 bridgehead atoms. The average molecular weight is 363 g/mol. The zero-order chi connectivity index (χ0) is 18.8. The van der Waals surface area contributed by atoms with Gasteiger partial charge in [-0.25, -0.2) is 0 Å². The van der Waals surface area contributed by atoms with Gasteiger partial charge in [-0.3, -0.25) is 4.79 Å². The van der Waals surface area contributed by atoms with Gasteiger partial charge in [-0.2, -0.15) is 0 Å². The van der Waals surface area contributed by atoms with E-state index in [1.165, 1.54) is 0 Å². The molecule has 0 aromatic heterocycles. The Hall–Kier alpha value is -3.21. The second-order valence-electron chi connectivity index (χ2n) is 6.57. The minimum atomic E-state index is -0.676. The van der Waals surface area contributed by atoms with Crippen molar-refractivity contribution in [1.82, 2.24) is 5.32 Å². The lowest BCUT2D eigenvalue weighted by molar-refractivity contribution is -0.133. The van der Waals surface area contributed by atoms with E-state index in [0.29, 0.717) is 18.0 Å². The number of hydrogen-bond donors (Lipinski definition) is 1. The zero-order valence-electron chi connectivity index (χ0n) is 15.3. The summed E-state index contributed by atoms with van der Waals surface area (Å²) >= 11 is 0. The fourth-order valence-electron chi connectivity index (χ4n) is 3.21. The molecule has 0 unspecified atom stereocenters. The maximum atomic E-state index is 12.6. The van der Waals surface area contributed by atoms with Gasteiger partial charge in [0, 0.05) is 6.54 Å². The predicted octanol–water partition coefficient (Wildman–Crippen LogP) is 3.69. The van der Waals surface area contributed by atoms with Gasteiger partial charge in [0.15, 0.2) is 11.5 Å². The van der Waals surface area contributed by atoms with E-state index in [1.54, 1.807) is 13.2 Å². The molecule has 0 aliphatic carbocycles. The van der Waals surface area contributed by atoms with Crippen LogP contribution in [-0.2, 0) is 11.3 Å². The van der Waals surface area contributed by atoms with Gasteiger partial charge in [0.1, 0.15) is 11.9 Å². The van der Waals surface area contributed by atoms with E-state index in [-0.39, 0.29) is 12.0 Å². The molecule has 1 aliphatic heterocycles. The molecule has 3 aromatic carbocycles. The highest BCUT2D eigenvalue weighted by atomic mass is 16.6. The van der Waals surface area contributed by atoms with Crippen LogP contribution in [0.25, 0.3) is 10.8 Å². The molecule has 5 nitrogen and oxygen atoms in total. The van der Waals surface area contributed by atoms with Crippen molar-refractivity contribution in [2.75, 3.05) is 7.11 Å². The van der Waals surface area contributed by atoms with Crippen LogP contribution >= 0.6 is 0 Å². The van der Waals surface area contributed by atoms with E-state index >= 15 is 0 Å². The molecule has 0 spiro atoms. The molecular formula is C22H21NO4. The van der Waals surface area contributed by atoms with Crippen molar-refractivity contribution in [3.05, 3.63) is 66.2 Å². The molecule has 27 heavy (non-hydrogen) atoms. The van der Waals surface area contributed by atoms with Gasteiger partial charge < -0.3 is 19.5 Å². The largest absolute Gasteiger partial charge is 0.497 e. The lowest BCUT2D eigenvalue weighted by atomic mass is 10.1. The smallest absolute Gasteiger partial charge is 0.265 e. The molecule has 0 radical (unpaired) electrons. The standard InChI is InChI=1S/C22H21NO4/c1-14-21(27-20-6-4-3-5-19(20)26-14)22(24)23-13-15-7-8-17-12-18(25-2)10-9-16(17)11-15/h3-12,14,21H,13H2,1-2H3,(H,23,24)/t14-,21+/m0/s1. The van der Waals surface area contributed by atoms with Crippen molar-refractivity contribution in [2.24, 2.45) is 0 Å². The summed E-state index contributed by atoms with van der Waals surface area (Å²) in [6.07, 6.45) is -1.03. The Labute approximate surface area is 157 Å². The van der Waals surface area contributed by atoms with Gasteiger partial charge >= 0.3 is 0 Å². The summed E-state index contributed by atoms with van der Waals surface area (Å²) in [6, 6.07) is 19.4. The molecule has 1 heterocycles. The maximum absolute atomic E-state index is 12.6. The number of hydrogen-bond acceptors (Lipinski definition) is 4. The molecule has 4 rings (SSSR count). The van der Waals surface area contributed by atoms with Crippen molar-refractivity contribution < 1.29 is 19.0 Å². The fraction of sp³-hybridized carbons (Fsp3) is 0.227. The van der Waals surface area contributed by atoms with Crippen LogP contribution in [0.15, 0.2) is 60.7 Å². The SMILES string of the molecule is COc1ccc2cc(CNC(=O)[C@@H]3Oc4ccccc4O[C@H]3C)ccc2c1. The third kappa shape index (κ3) is 3.53. The summed E-state index contributed by atoms with van der Waals surface area (Å²) in [5.74, 6) is 1.90. The fourth-order valence-corrected chi connectivity index (χ4v) is 3.21. The van der Waals surface area contributed by atoms with Crippen LogP contribution in [0.3, 0.4) is 0 Å². The molecule has 1 amide bonds. The number of ether oxygens (including phenoxy) is 3. The molecular weight excluding hydrogens is 342 g/mol. The van der Waals surface area contributed by atoms with E-state index in [9.17, 15) is 4.79 Å². The van der Waals surface area contributed by atoms with Gasteiger partial charge in [-0.1, -0.05) is 30.3 Å². The van der Waals surface area contributed by atoms with Crippen molar-refractivity contribution in [3.8, 4) is 17.2 Å². The first kappa shape index (κ1) is 17.2. The number of rotatable bonds is 4. The third-order valence-electron chi connectivity index (χ3n) is 4.68. The second kappa shape index (κ2) is 7.19. The Bertz CT molecular complexity index is 985. The quantitative estimate of drug-likeness (QED) is 0.768. The first-order chi connectivity index (χ1) is 13.1. The van der Waals surface area contributed by atoms with Gasteiger partial charge in [-0.05, 0) is 53.6 Å². The Morgan fingerprint density at radius 2 is 1.70 bits per heavy atom. The van der Waals surface area contributed by atoms with Crippen molar-refractivity contribution in [3.63, 3.8) is 0 Å². The van der Waals surface area contributed by atoms with Gasteiger partial charge in [0.05, 0.1) is 7.11 Å². The van der Waals surface area contributed by atoms with E-state index in [4.69, 9.17) is 14.2 Å². The summed E-state index contributed by atoms with van der Waals surface area (Å²) in [4.78, 5) is 12.6. The van der Waals surface area contributed by atoms with Crippen LogP contribution in [0.2, 0.25) is 0 Å². The Balaban J connectivity index is 1.44. The summed E-state index contributed by atoms with van der Waals surface area (Å²) < 4.78 is 16.9. The van der Waals surface area contributed by atoms with Crippen LogP contribution < -0.4 is 19.5 Å². The lowest BCUT2D eigenvalue weighted by Gasteiger charge is -2.31. The first-order valence-electron chi connectivity index (χ1n) is 8.91. The number of nitrogens with one attached hydrogen (secondary N) is 1. The van der Waals surface area contributed by atoms with Gasteiger partial charge in [-0.15, -0.1) is 0 Å². The number of fused-ring (bicyclic) bond motifs is 2. The van der Waals surface area contributed by atoms with E-state index in [2.05, 4.69) is 11.4 Å². The molecule has 0 fully saturated rings.